The van der Waals surface area contributed by atoms with Gasteiger partial charge in [-0.25, -0.2) is 18.5 Å². The maximum atomic E-state index is 13.2. The molecular weight excluding hydrogens is 392 g/mol. The third-order valence-electron chi connectivity index (χ3n) is 4.83. The summed E-state index contributed by atoms with van der Waals surface area (Å²) in [7, 11) is 0. The van der Waals surface area contributed by atoms with Gasteiger partial charge in [-0.15, -0.1) is 0 Å². The number of imide groups is 1. The van der Waals surface area contributed by atoms with E-state index in [9.17, 15) is 23.2 Å². The molecule has 0 spiro atoms. The van der Waals surface area contributed by atoms with Crippen molar-refractivity contribution in [3.05, 3.63) is 101 Å². The Kier molecular flexibility index (Phi) is 4.87. The molecule has 3 aromatic carbocycles. The van der Waals surface area contributed by atoms with Crippen molar-refractivity contribution in [2.24, 2.45) is 0 Å². The lowest BCUT2D eigenvalue weighted by Crippen LogP contribution is -2.29. The molecule has 0 saturated carbocycles. The van der Waals surface area contributed by atoms with Crippen molar-refractivity contribution in [3.63, 3.8) is 0 Å². The predicted octanol–water partition coefficient (Wildman–Crippen LogP) is 4.68. The topological polar surface area (TPSA) is 63.7 Å². The molecule has 0 aromatic heterocycles. The first-order valence-electron chi connectivity index (χ1n) is 9.10. The molecule has 0 N–H and O–H groups in total. The van der Waals surface area contributed by atoms with E-state index in [1.54, 1.807) is 6.92 Å². The van der Waals surface area contributed by atoms with Gasteiger partial charge < -0.3 is 4.74 Å². The Morgan fingerprint density at radius 3 is 2.03 bits per heavy atom. The second kappa shape index (κ2) is 7.51. The highest BCUT2D eigenvalue weighted by Gasteiger charge is 2.37. The largest absolute Gasteiger partial charge is 0.454 e. The summed E-state index contributed by atoms with van der Waals surface area (Å²) < 4.78 is 31.6. The second-order valence-electron chi connectivity index (χ2n) is 6.78. The van der Waals surface area contributed by atoms with Gasteiger partial charge in [0, 0.05) is 0 Å². The Morgan fingerprint density at radius 1 is 0.833 bits per heavy atom. The Labute approximate surface area is 170 Å². The first kappa shape index (κ1) is 19.4. The summed E-state index contributed by atoms with van der Waals surface area (Å²) in [5.74, 6) is -2.74. The quantitative estimate of drug-likeness (QED) is 0.465. The lowest BCUT2D eigenvalue weighted by Gasteiger charge is -2.14. The number of esters is 1. The van der Waals surface area contributed by atoms with Gasteiger partial charge in [0.15, 0.2) is 0 Å². The van der Waals surface area contributed by atoms with E-state index in [0.29, 0.717) is 5.56 Å². The predicted molar refractivity (Wildman–Crippen MR) is 104 cm³/mol. The summed E-state index contributed by atoms with van der Waals surface area (Å²) in [5, 5.41) is 0. The van der Waals surface area contributed by atoms with Gasteiger partial charge in [-0.1, -0.05) is 12.1 Å². The number of carbonyl (C=O) groups excluding carboxylic acids is 3. The number of amides is 2. The van der Waals surface area contributed by atoms with E-state index in [1.807, 2.05) is 0 Å². The highest BCUT2D eigenvalue weighted by Crippen LogP contribution is 2.30. The number of nitrogens with zero attached hydrogens (tertiary/aromatic N) is 1. The molecule has 4 rings (SSSR count). The molecule has 1 heterocycles. The van der Waals surface area contributed by atoms with Crippen LogP contribution in [0.25, 0.3) is 0 Å². The minimum absolute atomic E-state index is 0.0632. The zero-order valence-electron chi connectivity index (χ0n) is 15.8. The summed E-state index contributed by atoms with van der Waals surface area (Å²) in [6.07, 6.45) is -0.639. The van der Waals surface area contributed by atoms with Crippen LogP contribution in [0.5, 0.6) is 0 Å². The van der Waals surface area contributed by atoms with Gasteiger partial charge in [-0.3, -0.25) is 9.59 Å². The zero-order chi connectivity index (χ0) is 21.4. The number of hydrogen-bond acceptors (Lipinski definition) is 4. The second-order valence-corrected chi connectivity index (χ2v) is 6.78. The average molecular weight is 407 g/mol. The van der Waals surface area contributed by atoms with Gasteiger partial charge in [0.25, 0.3) is 11.8 Å². The van der Waals surface area contributed by atoms with Crippen molar-refractivity contribution in [1.82, 2.24) is 0 Å². The van der Waals surface area contributed by atoms with Crippen LogP contribution in [0.4, 0.5) is 14.5 Å². The zero-order valence-corrected chi connectivity index (χ0v) is 15.8. The van der Waals surface area contributed by atoms with Crippen LogP contribution >= 0.6 is 0 Å². The van der Waals surface area contributed by atoms with Crippen LogP contribution in [0.15, 0.2) is 66.7 Å². The summed E-state index contributed by atoms with van der Waals surface area (Å²) in [6.45, 7) is 1.64. The number of hydrogen-bond donors (Lipinski definition) is 0. The molecular formula is C23H15F2NO4. The van der Waals surface area contributed by atoms with E-state index in [-0.39, 0.29) is 22.4 Å². The van der Waals surface area contributed by atoms with Crippen molar-refractivity contribution < 1.29 is 27.9 Å². The minimum atomic E-state index is -0.685. The van der Waals surface area contributed by atoms with Crippen LogP contribution in [-0.2, 0) is 4.74 Å². The smallest absolute Gasteiger partial charge is 0.338 e. The Balaban J connectivity index is 1.57. The molecule has 1 atom stereocenters. The first-order valence-corrected chi connectivity index (χ1v) is 9.10. The van der Waals surface area contributed by atoms with Crippen LogP contribution in [0.1, 0.15) is 49.7 Å². The van der Waals surface area contributed by atoms with Crippen LogP contribution < -0.4 is 4.90 Å². The molecule has 0 fully saturated rings. The monoisotopic (exact) mass is 407 g/mol. The highest BCUT2D eigenvalue weighted by molar-refractivity contribution is 6.34. The molecule has 0 radical (unpaired) electrons. The fraction of sp³-hybridized carbons (Fsp3) is 0.0870. The molecule has 7 heteroatoms. The number of ether oxygens (including phenoxy) is 1. The number of carbonyl (C=O) groups is 3. The van der Waals surface area contributed by atoms with Crippen LogP contribution in [0.3, 0.4) is 0 Å². The number of halogens is 2. The number of anilines is 1. The van der Waals surface area contributed by atoms with E-state index in [2.05, 4.69) is 0 Å². The summed E-state index contributed by atoms with van der Waals surface area (Å²) in [6, 6.07) is 14.6. The Morgan fingerprint density at radius 2 is 1.40 bits per heavy atom. The molecule has 0 unspecified atom stereocenters. The van der Waals surface area contributed by atoms with Gasteiger partial charge in [0.1, 0.15) is 17.7 Å². The molecule has 0 bridgehead atoms. The molecule has 1 aliphatic rings. The van der Waals surface area contributed by atoms with Gasteiger partial charge in [0.05, 0.1) is 22.4 Å². The Bertz CT molecular complexity index is 1160. The van der Waals surface area contributed by atoms with Crippen molar-refractivity contribution >= 4 is 23.5 Å². The molecule has 3 aromatic rings. The summed E-state index contributed by atoms with van der Waals surface area (Å²) in [4.78, 5) is 38.9. The fourth-order valence-electron chi connectivity index (χ4n) is 3.22. The van der Waals surface area contributed by atoms with Crippen molar-refractivity contribution in [3.8, 4) is 0 Å². The molecule has 150 valence electrons. The third-order valence-corrected chi connectivity index (χ3v) is 4.83. The van der Waals surface area contributed by atoms with Gasteiger partial charge in [-0.2, -0.15) is 0 Å². The molecule has 1 aliphatic heterocycles. The highest BCUT2D eigenvalue weighted by atomic mass is 19.1. The molecule has 0 aliphatic carbocycles. The number of rotatable bonds is 4. The first-order chi connectivity index (χ1) is 14.3. The van der Waals surface area contributed by atoms with Crippen LogP contribution in [-0.4, -0.2) is 17.8 Å². The maximum absolute atomic E-state index is 13.2. The molecule has 30 heavy (non-hydrogen) atoms. The standard InChI is InChI=1S/C23H15F2NO4/c1-13(14-2-5-16(24)6-3-14)30-23(29)15-4-11-19-20(12-15)22(28)26(21(19)27)18-9-7-17(25)8-10-18/h2-13H,1H3/t13-/m1/s1. The van der Waals surface area contributed by atoms with Crippen molar-refractivity contribution in [2.45, 2.75) is 13.0 Å². The van der Waals surface area contributed by atoms with Crippen molar-refractivity contribution in [1.29, 1.82) is 0 Å². The van der Waals surface area contributed by atoms with Crippen LogP contribution in [0.2, 0.25) is 0 Å². The van der Waals surface area contributed by atoms with E-state index in [4.69, 9.17) is 4.74 Å². The number of benzene rings is 3. The summed E-state index contributed by atoms with van der Waals surface area (Å²) in [5.41, 5.74) is 1.15. The van der Waals surface area contributed by atoms with Crippen molar-refractivity contribution in [2.75, 3.05) is 4.90 Å². The van der Waals surface area contributed by atoms with Crippen LogP contribution in [0, 0.1) is 11.6 Å². The number of fused-ring (bicyclic) bond motifs is 1. The molecule has 2 amide bonds. The molecule has 5 nitrogen and oxygen atoms in total. The van der Waals surface area contributed by atoms with E-state index in [1.165, 1.54) is 54.6 Å². The van der Waals surface area contributed by atoms with E-state index in [0.717, 1.165) is 17.0 Å². The normalized spacial score (nSPS) is 13.9. The lowest BCUT2D eigenvalue weighted by atomic mass is 10.1. The minimum Gasteiger partial charge on any atom is -0.454 e. The summed E-state index contributed by atoms with van der Waals surface area (Å²) >= 11 is 0. The third kappa shape index (κ3) is 3.45. The SMILES string of the molecule is C[C@@H](OC(=O)c1ccc2c(c1)C(=O)N(c1ccc(F)cc1)C2=O)c1ccc(F)cc1. The van der Waals surface area contributed by atoms with E-state index >= 15 is 0 Å². The van der Waals surface area contributed by atoms with Gasteiger partial charge in [-0.05, 0) is 67.1 Å². The van der Waals surface area contributed by atoms with Gasteiger partial charge in [0.2, 0.25) is 0 Å². The van der Waals surface area contributed by atoms with E-state index < -0.39 is 35.5 Å². The average Bonchev–Trinajstić information content (AvgIpc) is 2.99. The Hall–Kier alpha value is -3.87. The lowest BCUT2D eigenvalue weighted by molar-refractivity contribution is 0.0337. The maximum Gasteiger partial charge on any atom is 0.338 e. The fourth-order valence-corrected chi connectivity index (χ4v) is 3.22. The van der Waals surface area contributed by atoms with Gasteiger partial charge >= 0.3 is 5.97 Å². The molecule has 0 saturated heterocycles.